The summed E-state index contributed by atoms with van der Waals surface area (Å²) in [4.78, 5) is 0. The van der Waals surface area contributed by atoms with Crippen LogP contribution < -0.4 is 0 Å². The Balaban J connectivity index is 1.87. The minimum atomic E-state index is 0.669. The van der Waals surface area contributed by atoms with E-state index < -0.39 is 0 Å². The molecule has 4 rings (SSSR count). The van der Waals surface area contributed by atoms with Gasteiger partial charge in [-0.15, -0.1) is 0 Å². The Morgan fingerprint density at radius 3 is 2.92 bits per heavy atom. The summed E-state index contributed by atoms with van der Waals surface area (Å²) in [5.74, 6) is 4.10. The molecule has 0 amide bonds. The normalized spacial score (nSPS) is 71.2. The minimum Gasteiger partial charge on any atom is -0.373 e. The molecule has 0 unspecified atom stereocenters. The summed E-state index contributed by atoms with van der Waals surface area (Å²) in [6.45, 7) is 0. The quantitative estimate of drug-likeness (QED) is 0.487. The Kier molecular flexibility index (Phi) is 1.19. The first-order valence-corrected chi connectivity index (χ1v) is 6.40. The Labute approximate surface area is 86.4 Å². The predicted molar refractivity (Wildman–Crippen MR) is 54.3 cm³/mol. The lowest BCUT2D eigenvalue weighted by Gasteiger charge is -2.27. The van der Waals surface area contributed by atoms with Crippen LogP contribution in [0.4, 0.5) is 0 Å². The average Bonchev–Trinajstić information content (AvgIpc) is 2.68. The van der Waals surface area contributed by atoms with Crippen molar-refractivity contribution >= 4 is 22.6 Å². The first-order chi connectivity index (χ1) is 5.86. The van der Waals surface area contributed by atoms with Crippen LogP contribution in [0, 0.1) is 23.7 Å². The highest BCUT2D eigenvalue weighted by Crippen LogP contribution is 2.66. The number of hydrogen-bond acceptors (Lipinski definition) is 1. The highest BCUT2D eigenvalue weighted by atomic mass is 127. The third kappa shape index (κ3) is 0.578. The van der Waals surface area contributed by atoms with Crippen molar-refractivity contribution in [1.82, 2.24) is 0 Å². The highest BCUT2D eigenvalue weighted by Gasteiger charge is 2.66. The summed E-state index contributed by atoms with van der Waals surface area (Å²) in [6.07, 6.45) is 5.71. The van der Waals surface area contributed by atoms with E-state index in [1.54, 1.807) is 0 Å². The number of rotatable bonds is 0. The van der Waals surface area contributed by atoms with Gasteiger partial charge in [0.25, 0.3) is 0 Å². The number of alkyl halides is 1. The van der Waals surface area contributed by atoms with E-state index in [1.807, 2.05) is 0 Å². The van der Waals surface area contributed by atoms with Crippen LogP contribution in [0.1, 0.15) is 19.3 Å². The Morgan fingerprint density at radius 2 is 2.00 bits per heavy atom. The van der Waals surface area contributed by atoms with Gasteiger partial charge >= 0.3 is 0 Å². The average molecular weight is 276 g/mol. The number of halogens is 1. The summed E-state index contributed by atoms with van der Waals surface area (Å²) in [7, 11) is 0. The molecule has 7 atom stereocenters. The van der Waals surface area contributed by atoms with Crippen molar-refractivity contribution in [1.29, 1.82) is 0 Å². The van der Waals surface area contributed by atoms with E-state index in [-0.39, 0.29) is 0 Å². The molecule has 1 saturated heterocycles. The molecule has 1 aliphatic heterocycles. The molecule has 0 N–H and O–H groups in total. The maximum atomic E-state index is 6.13. The van der Waals surface area contributed by atoms with Gasteiger partial charge in [0.15, 0.2) is 0 Å². The van der Waals surface area contributed by atoms with Crippen LogP contribution in [0.5, 0.6) is 0 Å². The molecule has 0 spiro atoms. The number of ether oxygens (including phenoxy) is 1. The van der Waals surface area contributed by atoms with Gasteiger partial charge in [0.05, 0.1) is 12.2 Å². The summed E-state index contributed by atoms with van der Waals surface area (Å²) >= 11 is 2.65. The molecule has 0 aromatic carbocycles. The fraction of sp³-hybridized carbons (Fsp3) is 1.00. The summed E-state index contributed by atoms with van der Waals surface area (Å²) < 4.78 is 7.00. The Bertz CT molecular complexity index is 240. The molecule has 2 bridgehead atoms. The van der Waals surface area contributed by atoms with Crippen LogP contribution in [-0.4, -0.2) is 16.1 Å². The number of fused-ring (bicyclic) bond motifs is 2. The zero-order valence-corrected chi connectivity index (χ0v) is 9.11. The molecule has 12 heavy (non-hydrogen) atoms. The minimum absolute atomic E-state index is 0.669. The zero-order chi connectivity index (χ0) is 7.87. The van der Waals surface area contributed by atoms with E-state index in [4.69, 9.17) is 4.74 Å². The lowest BCUT2D eigenvalue weighted by Crippen LogP contribution is -2.32. The first-order valence-electron chi connectivity index (χ1n) is 5.16. The van der Waals surface area contributed by atoms with Crippen LogP contribution in [0.3, 0.4) is 0 Å². The summed E-state index contributed by atoms with van der Waals surface area (Å²) in [5.41, 5.74) is 0. The summed E-state index contributed by atoms with van der Waals surface area (Å²) in [6, 6.07) is 0. The first kappa shape index (κ1) is 7.04. The molecule has 3 aliphatic carbocycles. The molecule has 4 fully saturated rings. The molecule has 0 aromatic heterocycles. The standard InChI is InChI=1S/C10H13IO/c11-9-5-3-6-8-4(5)1-2-7(8)12-10(6)9/h4-10H,1-3H2/t4-,5-,6+,7-,8-,9-,10-/m0/s1. The van der Waals surface area contributed by atoms with Crippen molar-refractivity contribution < 1.29 is 4.74 Å². The molecule has 2 heteroatoms. The Hall–Kier alpha value is 0.690. The van der Waals surface area contributed by atoms with Crippen molar-refractivity contribution in [2.24, 2.45) is 23.7 Å². The van der Waals surface area contributed by atoms with Gasteiger partial charge in [0.1, 0.15) is 0 Å². The zero-order valence-electron chi connectivity index (χ0n) is 6.95. The lowest BCUT2D eigenvalue weighted by atomic mass is 9.82. The van der Waals surface area contributed by atoms with Gasteiger partial charge < -0.3 is 4.74 Å². The van der Waals surface area contributed by atoms with Crippen molar-refractivity contribution in [3.05, 3.63) is 0 Å². The third-order valence-electron chi connectivity index (χ3n) is 4.77. The molecule has 0 radical (unpaired) electrons. The van der Waals surface area contributed by atoms with Crippen LogP contribution >= 0.6 is 22.6 Å². The van der Waals surface area contributed by atoms with Gasteiger partial charge in [0.2, 0.25) is 0 Å². The second-order valence-corrected chi connectivity index (χ2v) is 6.40. The highest BCUT2D eigenvalue weighted by molar-refractivity contribution is 14.1. The molecular formula is C10H13IO. The van der Waals surface area contributed by atoms with E-state index in [0.29, 0.717) is 12.2 Å². The summed E-state index contributed by atoms with van der Waals surface area (Å²) in [5, 5.41) is 0. The fourth-order valence-corrected chi connectivity index (χ4v) is 6.02. The molecular weight excluding hydrogens is 263 g/mol. The van der Waals surface area contributed by atoms with E-state index in [0.717, 1.165) is 27.6 Å². The third-order valence-corrected chi connectivity index (χ3v) is 6.41. The maximum Gasteiger partial charge on any atom is 0.0731 e. The van der Waals surface area contributed by atoms with Crippen molar-refractivity contribution in [2.45, 2.75) is 35.4 Å². The fourth-order valence-electron chi connectivity index (χ4n) is 4.49. The van der Waals surface area contributed by atoms with Crippen LogP contribution in [0.25, 0.3) is 0 Å². The van der Waals surface area contributed by atoms with Gasteiger partial charge in [-0.1, -0.05) is 22.6 Å². The topological polar surface area (TPSA) is 9.23 Å². The number of hydrogen-bond donors (Lipinski definition) is 0. The van der Waals surface area contributed by atoms with E-state index in [9.17, 15) is 0 Å². The van der Waals surface area contributed by atoms with Crippen molar-refractivity contribution in [2.75, 3.05) is 0 Å². The predicted octanol–water partition coefficient (Wildman–Crippen LogP) is 2.23. The SMILES string of the molecule is I[C@H]1[C@H]2C[C@H]3[C@@H]1O[C@H]1CC[C@@H]2[C@@H]31. The van der Waals surface area contributed by atoms with E-state index in [2.05, 4.69) is 22.6 Å². The van der Waals surface area contributed by atoms with Crippen LogP contribution in [-0.2, 0) is 4.74 Å². The molecule has 66 valence electrons. The molecule has 0 aromatic rings. The van der Waals surface area contributed by atoms with E-state index >= 15 is 0 Å². The van der Waals surface area contributed by atoms with Gasteiger partial charge in [-0.25, -0.2) is 0 Å². The lowest BCUT2D eigenvalue weighted by molar-refractivity contribution is 0.0423. The molecule has 1 heterocycles. The van der Waals surface area contributed by atoms with Crippen molar-refractivity contribution in [3.8, 4) is 0 Å². The second kappa shape index (κ2) is 2.02. The smallest absolute Gasteiger partial charge is 0.0731 e. The second-order valence-electron chi connectivity index (χ2n) is 4.97. The van der Waals surface area contributed by atoms with Gasteiger partial charge in [-0.05, 0) is 42.9 Å². The monoisotopic (exact) mass is 276 g/mol. The van der Waals surface area contributed by atoms with E-state index in [1.165, 1.54) is 19.3 Å². The largest absolute Gasteiger partial charge is 0.373 e. The molecule has 3 saturated carbocycles. The maximum absolute atomic E-state index is 6.13. The van der Waals surface area contributed by atoms with Gasteiger partial charge in [-0.2, -0.15) is 0 Å². The molecule has 1 nitrogen and oxygen atoms in total. The van der Waals surface area contributed by atoms with Crippen LogP contribution in [0.2, 0.25) is 0 Å². The van der Waals surface area contributed by atoms with Crippen molar-refractivity contribution in [3.63, 3.8) is 0 Å². The molecule has 4 aliphatic rings. The van der Waals surface area contributed by atoms with Crippen LogP contribution in [0.15, 0.2) is 0 Å². The van der Waals surface area contributed by atoms with Gasteiger partial charge in [0, 0.05) is 3.92 Å². The Morgan fingerprint density at radius 1 is 1.08 bits per heavy atom. The van der Waals surface area contributed by atoms with Gasteiger partial charge in [-0.3, -0.25) is 0 Å².